The monoisotopic (exact) mass is 296 g/mol. The lowest BCUT2D eigenvalue weighted by molar-refractivity contribution is -0.121. The molecular weight excluding hydrogens is 272 g/mol. The minimum atomic E-state index is -0.351. The minimum Gasteiger partial charge on any atom is -0.368 e. The molecule has 0 saturated carbocycles. The van der Waals surface area contributed by atoms with Crippen LogP contribution in [0.2, 0.25) is 0 Å². The summed E-state index contributed by atoms with van der Waals surface area (Å²) in [6.45, 7) is 4.12. The summed E-state index contributed by atoms with van der Waals surface area (Å²) < 4.78 is 0. The van der Waals surface area contributed by atoms with Gasteiger partial charge in [0.05, 0.1) is 12.1 Å². The lowest BCUT2D eigenvalue weighted by atomic mass is 9.93. The Labute approximate surface area is 132 Å². The summed E-state index contributed by atoms with van der Waals surface area (Å²) >= 11 is 0. The Hall–Kier alpha value is -2.13. The number of rotatable bonds is 7. The van der Waals surface area contributed by atoms with Gasteiger partial charge in [-0.15, -0.1) is 0 Å². The van der Waals surface area contributed by atoms with Gasteiger partial charge in [-0.1, -0.05) is 80.9 Å². The van der Waals surface area contributed by atoms with E-state index in [0.717, 1.165) is 17.5 Å². The molecule has 2 rings (SSSR count). The van der Waals surface area contributed by atoms with Crippen LogP contribution in [0.25, 0.3) is 0 Å². The van der Waals surface area contributed by atoms with Crippen molar-refractivity contribution in [1.82, 2.24) is 5.32 Å². The zero-order valence-electron chi connectivity index (χ0n) is 13.2. The van der Waals surface area contributed by atoms with Crippen molar-refractivity contribution >= 4 is 5.91 Å². The molecule has 0 saturated heterocycles. The number of benzene rings is 2. The summed E-state index contributed by atoms with van der Waals surface area (Å²) in [4.78, 5) is 11.9. The molecule has 0 fully saturated rings. The Morgan fingerprint density at radius 3 is 1.82 bits per heavy atom. The van der Waals surface area contributed by atoms with Crippen LogP contribution in [0.5, 0.6) is 0 Å². The van der Waals surface area contributed by atoms with Gasteiger partial charge in [0.15, 0.2) is 0 Å². The van der Waals surface area contributed by atoms with Crippen LogP contribution < -0.4 is 11.1 Å². The van der Waals surface area contributed by atoms with Gasteiger partial charge in [-0.05, 0) is 17.0 Å². The standard InChI is InChI=1S/C19H24N2O/c1-3-14(2)17(19(20)22)21-18(15-10-6-4-7-11-15)16-12-8-5-9-13-16/h4-14,17-18,21H,3H2,1-2H3,(H2,20,22). The van der Waals surface area contributed by atoms with E-state index in [1.54, 1.807) is 0 Å². The number of hydrogen-bond donors (Lipinski definition) is 2. The van der Waals surface area contributed by atoms with E-state index in [4.69, 9.17) is 5.73 Å². The average Bonchev–Trinajstić information content (AvgIpc) is 2.56. The number of amides is 1. The highest BCUT2D eigenvalue weighted by molar-refractivity contribution is 5.80. The average molecular weight is 296 g/mol. The van der Waals surface area contributed by atoms with Crippen LogP contribution in [0, 0.1) is 5.92 Å². The highest BCUT2D eigenvalue weighted by Crippen LogP contribution is 2.24. The quantitative estimate of drug-likeness (QED) is 0.824. The van der Waals surface area contributed by atoms with E-state index in [1.807, 2.05) is 36.4 Å². The topological polar surface area (TPSA) is 55.1 Å². The number of primary amides is 1. The molecule has 0 bridgehead atoms. The molecule has 3 N–H and O–H groups in total. The summed E-state index contributed by atoms with van der Waals surface area (Å²) in [5, 5.41) is 3.46. The van der Waals surface area contributed by atoms with Crippen molar-refractivity contribution in [2.75, 3.05) is 0 Å². The van der Waals surface area contributed by atoms with E-state index in [2.05, 4.69) is 43.4 Å². The van der Waals surface area contributed by atoms with Gasteiger partial charge in [0, 0.05) is 0 Å². The van der Waals surface area contributed by atoms with Crippen molar-refractivity contribution in [2.24, 2.45) is 11.7 Å². The summed E-state index contributed by atoms with van der Waals surface area (Å²) in [7, 11) is 0. The molecule has 2 aromatic rings. The van der Waals surface area contributed by atoms with Gasteiger partial charge in [0.25, 0.3) is 0 Å². The van der Waals surface area contributed by atoms with Crippen LogP contribution in [0.3, 0.4) is 0 Å². The maximum atomic E-state index is 11.9. The summed E-state index contributed by atoms with van der Waals surface area (Å²) in [5.74, 6) is -0.112. The van der Waals surface area contributed by atoms with E-state index in [0.29, 0.717) is 0 Å². The molecule has 2 aromatic carbocycles. The maximum absolute atomic E-state index is 11.9. The SMILES string of the molecule is CCC(C)C(NC(c1ccccc1)c1ccccc1)C(N)=O. The van der Waals surface area contributed by atoms with Gasteiger partial charge in [-0.25, -0.2) is 0 Å². The smallest absolute Gasteiger partial charge is 0.234 e. The minimum absolute atomic E-state index is 0.0473. The first-order valence-electron chi connectivity index (χ1n) is 7.78. The van der Waals surface area contributed by atoms with Crippen molar-refractivity contribution in [3.8, 4) is 0 Å². The number of hydrogen-bond acceptors (Lipinski definition) is 2. The fourth-order valence-electron chi connectivity index (χ4n) is 2.62. The maximum Gasteiger partial charge on any atom is 0.234 e. The third-order valence-electron chi connectivity index (χ3n) is 4.13. The Bertz CT molecular complexity index is 543. The van der Waals surface area contributed by atoms with E-state index in [-0.39, 0.29) is 23.9 Å². The second kappa shape index (κ2) is 7.76. The first-order valence-corrected chi connectivity index (χ1v) is 7.78. The van der Waals surface area contributed by atoms with E-state index < -0.39 is 0 Å². The fraction of sp³-hybridized carbons (Fsp3) is 0.316. The van der Waals surface area contributed by atoms with Crippen molar-refractivity contribution in [1.29, 1.82) is 0 Å². The van der Waals surface area contributed by atoms with Crippen molar-refractivity contribution in [3.05, 3.63) is 71.8 Å². The van der Waals surface area contributed by atoms with Gasteiger partial charge in [-0.2, -0.15) is 0 Å². The van der Waals surface area contributed by atoms with Gasteiger partial charge in [0.2, 0.25) is 5.91 Å². The van der Waals surface area contributed by atoms with Crippen LogP contribution in [-0.4, -0.2) is 11.9 Å². The van der Waals surface area contributed by atoms with E-state index in [1.165, 1.54) is 0 Å². The molecule has 3 heteroatoms. The van der Waals surface area contributed by atoms with Crippen molar-refractivity contribution < 1.29 is 4.79 Å². The molecule has 22 heavy (non-hydrogen) atoms. The Kier molecular flexibility index (Phi) is 5.73. The van der Waals surface area contributed by atoms with Crippen LogP contribution >= 0.6 is 0 Å². The van der Waals surface area contributed by atoms with E-state index in [9.17, 15) is 4.79 Å². The molecule has 0 aliphatic carbocycles. The predicted octanol–water partition coefficient (Wildman–Crippen LogP) is 3.27. The first-order chi connectivity index (χ1) is 10.6. The first kappa shape index (κ1) is 16.2. The lowest BCUT2D eigenvalue weighted by Gasteiger charge is -2.28. The van der Waals surface area contributed by atoms with Crippen molar-refractivity contribution in [3.63, 3.8) is 0 Å². The van der Waals surface area contributed by atoms with Crippen LogP contribution in [0.1, 0.15) is 37.4 Å². The largest absolute Gasteiger partial charge is 0.368 e. The molecule has 0 heterocycles. The predicted molar refractivity (Wildman–Crippen MR) is 90.3 cm³/mol. The Morgan fingerprint density at radius 2 is 1.45 bits per heavy atom. The number of nitrogens with one attached hydrogen (secondary N) is 1. The third-order valence-corrected chi connectivity index (χ3v) is 4.13. The molecule has 0 spiro atoms. The molecule has 3 nitrogen and oxygen atoms in total. The van der Waals surface area contributed by atoms with E-state index >= 15 is 0 Å². The molecule has 0 aliphatic heterocycles. The lowest BCUT2D eigenvalue weighted by Crippen LogP contribution is -2.47. The zero-order valence-corrected chi connectivity index (χ0v) is 13.2. The third kappa shape index (κ3) is 3.95. The van der Waals surface area contributed by atoms with Crippen molar-refractivity contribution in [2.45, 2.75) is 32.4 Å². The fourth-order valence-corrected chi connectivity index (χ4v) is 2.62. The second-order valence-electron chi connectivity index (χ2n) is 5.69. The van der Waals surface area contributed by atoms with Crippen LogP contribution in [0.15, 0.2) is 60.7 Å². The molecular formula is C19H24N2O. The molecule has 0 aromatic heterocycles. The van der Waals surface area contributed by atoms with Crippen LogP contribution in [-0.2, 0) is 4.79 Å². The zero-order chi connectivity index (χ0) is 15.9. The van der Waals surface area contributed by atoms with Crippen LogP contribution in [0.4, 0.5) is 0 Å². The van der Waals surface area contributed by atoms with Gasteiger partial charge >= 0.3 is 0 Å². The molecule has 0 aliphatic rings. The highest BCUT2D eigenvalue weighted by Gasteiger charge is 2.26. The summed E-state index contributed by atoms with van der Waals surface area (Å²) in [5.41, 5.74) is 7.87. The molecule has 2 atom stereocenters. The van der Waals surface area contributed by atoms with Gasteiger partial charge in [-0.3, -0.25) is 10.1 Å². The summed E-state index contributed by atoms with van der Waals surface area (Å²) in [6, 6.07) is 19.9. The Balaban J connectivity index is 2.35. The number of carbonyl (C=O) groups excluding carboxylic acids is 1. The molecule has 0 radical (unpaired) electrons. The number of carbonyl (C=O) groups is 1. The second-order valence-corrected chi connectivity index (χ2v) is 5.69. The summed E-state index contributed by atoms with van der Waals surface area (Å²) in [6.07, 6.45) is 0.900. The molecule has 1 amide bonds. The molecule has 2 unspecified atom stereocenters. The van der Waals surface area contributed by atoms with Gasteiger partial charge < -0.3 is 5.73 Å². The normalized spacial score (nSPS) is 13.8. The Morgan fingerprint density at radius 1 is 1.00 bits per heavy atom. The molecule has 116 valence electrons. The number of nitrogens with two attached hydrogens (primary N) is 1. The van der Waals surface area contributed by atoms with Gasteiger partial charge in [0.1, 0.15) is 0 Å². The highest BCUT2D eigenvalue weighted by atomic mass is 16.1.